The van der Waals surface area contributed by atoms with E-state index in [1.807, 2.05) is 0 Å². The van der Waals surface area contributed by atoms with Gasteiger partial charge in [-0.05, 0) is 31.0 Å². The number of hydrogen-bond donors (Lipinski definition) is 1. The molecule has 0 spiro atoms. The van der Waals surface area contributed by atoms with Crippen LogP contribution in [0.1, 0.15) is 38.5 Å². The first-order chi connectivity index (χ1) is 10.7. The molecule has 1 aliphatic carbocycles. The standard InChI is InChI=1S/C18H27FN2O/c19-17-14-16(6-7-18(17)22)21-12-10-20(11-13-21)9-8-15-4-2-1-3-5-15/h6-7,14-15,22H,1-5,8-13H2. The second-order valence-corrected chi connectivity index (χ2v) is 6.76. The summed E-state index contributed by atoms with van der Waals surface area (Å²) in [6.45, 7) is 5.19. The van der Waals surface area contributed by atoms with Gasteiger partial charge >= 0.3 is 0 Å². The van der Waals surface area contributed by atoms with E-state index in [9.17, 15) is 9.50 Å². The van der Waals surface area contributed by atoms with Crippen molar-refractivity contribution in [2.24, 2.45) is 5.92 Å². The van der Waals surface area contributed by atoms with Crippen molar-refractivity contribution in [1.29, 1.82) is 0 Å². The van der Waals surface area contributed by atoms with Crippen LogP contribution in [-0.4, -0.2) is 42.7 Å². The molecule has 0 bridgehead atoms. The zero-order valence-electron chi connectivity index (χ0n) is 13.3. The highest BCUT2D eigenvalue weighted by Crippen LogP contribution is 2.27. The Labute approximate surface area is 132 Å². The molecule has 0 amide bonds. The Morgan fingerprint density at radius 1 is 1.05 bits per heavy atom. The predicted octanol–water partition coefficient (Wildman–Crippen LogP) is 3.62. The van der Waals surface area contributed by atoms with Gasteiger partial charge in [0.25, 0.3) is 0 Å². The molecule has 1 aliphatic heterocycles. The third kappa shape index (κ3) is 3.92. The normalized spacial score (nSPS) is 21.2. The van der Waals surface area contributed by atoms with E-state index >= 15 is 0 Å². The van der Waals surface area contributed by atoms with Gasteiger partial charge < -0.3 is 10.0 Å². The van der Waals surface area contributed by atoms with Gasteiger partial charge in [0.1, 0.15) is 0 Å². The van der Waals surface area contributed by atoms with Gasteiger partial charge in [-0.25, -0.2) is 4.39 Å². The molecule has 4 heteroatoms. The number of benzene rings is 1. The van der Waals surface area contributed by atoms with E-state index in [0.717, 1.165) is 37.8 Å². The lowest BCUT2D eigenvalue weighted by Crippen LogP contribution is -2.46. The quantitative estimate of drug-likeness (QED) is 0.920. The zero-order chi connectivity index (χ0) is 15.4. The summed E-state index contributed by atoms with van der Waals surface area (Å²) >= 11 is 0. The smallest absolute Gasteiger partial charge is 0.166 e. The average Bonchev–Trinajstić information content (AvgIpc) is 2.57. The molecule has 1 saturated carbocycles. The van der Waals surface area contributed by atoms with Gasteiger partial charge in [-0.15, -0.1) is 0 Å². The SMILES string of the molecule is Oc1ccc(N2CCN(CCC3CCCCC3)CC2)cc1F. The summed E-state index contributed by atoms with van der Waals surface area (Å²) < 4.78 is 13.5. The average molecular weight is 306 g/mol. The molecule has 0 atom stereocenters. The number of phenols is 1. The lowest BCUT2D eigenvalue weighted by atomic mass is 9.87. The number of piperazine rings is 1. The van der Waals surface area contributed by atoms with Crippen molar-refractivity contribution in [2.75, 3.05) is 37.6 Å². The Morgan fingerprint density at radius 3 is 2.45 bits per heavy atom. The van der Waals surface area contributed by atoms with E-state index in [1.165, 1.54) is 57.2 Å². The van der Waals surface area contributed by atoms with Gasteiger partial charge in [0.05, 0.1) is 0 Å². The first-order valence-corrected chi connectivity index (χ1v) is 8.68. The van der Waals surface area contributed by atoms with Crippen molar-refractivity contribution in [3.63, 3.8) is 0 Å². The summed E-state index contributed by atoms with van der Waals surface area (Å²) in [5.41, 5.74) is 0.877. The topological polar surface area (TPSA) is 26.7 Å². The molecule has 22 heavy (non-hydrogen) atoms. The number of nitrogens with zero attached hydrogens (tertiary/aromatic N) is 2. The van der Waals surface area contributed by atoms with Gasteiger partial charge in [-0.2, -0.15) is 0 Å². The summed E-state index contributed by atoms with van der Waals surface area (Å²) in [5.74, 6) is 0.144. The van der Waals surface area contributed by atoms with Crippen molar-refractivity contribution < 1.29 is 9.50 Å². The van der Waals surface area contributed by atoms with Crippen molar-refractivity contribution in [2.45, 2.75) is 38.5 Å². The van der Waals surface area contributed by atoms with E-state index in [4.69, 9.17) is 0 Å². The molecule has 3 rings (SSSR count). The van der Waals surface area contributed by atoms with E-state index < -0.39 is 5.82 Å². The highest BCUT2D eigenvalue weighted by atomic mass is 19.1. The Bertz CT molecular complexity index is 480. The molecule has 3 nitrogen and oxygen atoms in total. The van der Waals surface area contributed by atoms with Crippen molar-refractivity contribution >= 4 is 5.69 Å². The maximum atomic E-state index is 13.5. The Hall–Kier alpha value is -1.29. The van der Waals surface area contributed by atoms with Crippen LogP contribution in [0.25, 0.3) is 0 Å². The molecule has 1 aromatic rings. The number of anilines is 1. The van der Waals surface area contributed by atoms with Gasteiger partial charge in [0.15, 0.2) is 11.6 Å². The van der Waals surface area contributed by atoms with Crippen molar-refractivity contribution in [3.05, 3.63) is 24.0 Å². The van der Waals surface area contributed by atoms with Crippen LogP contribution < -0.4 is 4.90 Å². The number of aromatic hydroxyl groups is 1. The number of hydrogen-bond acceptors (Lipinski definition) is 3. The summed E-state index contributed by atoms with van der Waals surface area (Å²) in [5, 5.41) is 9.28. The molecule has 0 aromatic heterocycles. The minimum Gasteiger partial charge on any atom is -0.505 e. The first-order valence-electron chi connectivity index (χ1n) is 8.68. The summed E-state index contributed by atoms with van der Waals surface area (Å²) in [6.07, 6.45) is 8.46. The fourth-order valence-corrected chi connectivity index (χ4v) is 3.76. The highest BCUT2D eigenvalue weighted by Gasteiger charge is 2.20. The van der Waals surface area contributed by atoms with E-state index in [-0.39, 0.29) is 5.75 Å². The number of rotatable bonds is 4. The third-order valence-electron chi connectivity index (χ3n) is 5.25. The van der Waals surface area contributed by atoms with Gasteiger partial charge in [0, 0.05) is 37.9 Å². The van der Waals surface area contributed by atoms with E-state index in [2.05, 4.69) is 9.80 Å². The third-order valence-corrected chi connectivity index (χ3v) is 5.25. The summed E-state index contributed by atoms with van der Waals surface area (Å²) in [4.78, 5) is 4.75. The second-order valence-electron chi connectivity index (χ2n) is 6.76. The molecule has 2 aliphatic rings. The summed E-state index contributed by atoms with van der Waals surface area (Å²) in [7, 11) is 0. The predicted molar refractivity (Wildman–Crippen MR) is 87.9 cm³/mol. The lowest BCUT2D eigenvalue weighted by Gasteiger charge is -2.37. The molecule has 1 aromatic carbocycles. The van der Waals surface area contributed by atoms with Gasteiger partial charge in [-0.3, -0.25) is 4.90 Å². The minimum absolute atomic E-state index is 0.269. The molecule has 2 fully saturated rings. The Morgan fingerprint density at radius 2 is 1.77 bits per heavy atom. The molecule has 0 unspecified atom stereocenters. The van der Waals surface area contributed by atoms with E-state index in [0.29, 0.717) is 0 Å². The molecule has 1 saturated heterocycles. The van der Waals surface area contributed by atoms with E-state index in [1.54, 1.807) is 6.07 Å². The first kappa shape index (κ1) is 15.6. The van der Waals surface area contributed by atoms with Gasteiger partial charge in [-0.1, -0.05) is 32.1 Å². The molecule has 1 N–H and O–H groups in total. The summed E-state index contributed by atoms with van der Waals surface area (Å²) in [6, 6.07) is 4.68. The lowest BCUT2D eigenvalue weighted by molar-refractivity contribution is 0.221. The number of phenolic OH excluding ortho intramolecular Hbond substituents is 1. The minimum atomic E-state index is -0.530. The fraction of sp³-hybridized carbons (Fsp3) is 0.667. The van der Waals surface area contributed by atoms with Crippen LogP contribution >= 0.6 is 0 Å². The maximum Gasteiger partial charge on any atom is 0.166 e. The van der Waals surface area contributed by atoms with Crippen LogP contribution in [-0.2, 0) is 0 Å². The molecule has 122 valence electrons. The monoisotopic (exact) mass is 306 g/mol. The van der Waals surface area contributed by atoms with Crippen LogP contribution in [0.5, 0.6) is 5.75 Å². The van der Waals surface area contributed by atoms with Crippen LogP contribution in [0.2, 0.25) is 0 Å². The van der Waals surface area contributed by atoms with Crippen LogP contribution in [0.4, 0.5) is 10.1 Å². The Kier molecular flexibility index (Phi) is 5.19. The van der Waals surface area contributed by atoms with Crippen molar-refractivity contribution in [3.8, 4) is 5.75 Å². The molecular formula is C18H27FN2O. The highest BCUT2D eigenvalue weighted by molar-refractivity contribution is 5.49. The molecule has 0 radical (unpaired) electrons. The van der Waals surface area contributed by atoms with Crippen LogP contribution in [0.15, 0.2) is 18.2 Å². The molecule has 1 heterocycles. The van der Waals surface area contributed by atoms with Gasteiger partial charge in [0.2, 0.25) is 0 Å². The van der Waals surface area contributed by atoms with Crippen molar-refractivity contribution in [1.82, 2.24) is 4.90 Å². The second kappa shape index (κ2) is 7.32. The van der Waals surface area contributed by atoms with Crippen LogP contribution in [0.3, 0.4) is 0 Å². The molecular weight excluding hydrogens is 279 g/mol. The fourth-order valence-electron chi connectivity index (χ4n) is 3.76. The van der Waals surface area contributed by atoms with Crippen LogP contribution in [0, 0.1) is 11.7 Å². The largest absolute Gasteiger partial charge is 0.505 e. The maximum absolute atomic E-state index is 13.5. The number of halogens is 1. The Balaban J connectivity index is 1.44. The zero-order valence-corrected chi connectivity index (χ0v) is 13.3.